The maximum absolute atomic E-state index is 12.3. The molecule has 1 N–H and O–H groups in total. The predicted molar refractivity (Wildman–Crippen MR) is 96.9 cm³/mol. The molecule has 26 heavy (non-hydrogen) atoms. The molecule has 0 aliphatic heterocycles. The van der Waals surface area contributed by atoms with Gasteiger partial charge in [0.05, 0.1) is 11.8 Å². The summed E-state index contributed by atoms with van der Waals surface area (Å²) in [7, 11) is 0. The van der Waals surface area contributed by atoms with Gasteiger partial charge in [-0.3, -0.25) is 4.79 Å². The molecule has 1 aromatic heterocycles. The quantitative estimate of drug-likeness (QED) is 0.631. The van der Waals surface area contributed by atoms with Gasteiger partial charge < -0.3 is 10.1 Å². The average molecular weight is 351 g/mol. The molecule has 0 fully saturated rings. The van der Waals surface area contributed by atoms with Crippen LogP contribution in [0.5, 0.6) is 0 Å². The van der Waals surface area contributed by atoms with Gasteiger partial charge in [0.15, 0.2) is 0 Å². The fraction of sp³-hybridized carbons (Fsp3) is 0.263. The Labute approximate surface area is 152 Å². The first kappa shape index (κ1) is 17.8. The maximum Gasteiger partial charge on any atom is 0.251 e. The molecule has 1 atom stereocenters. The lowest BCUT2D eigenvalue weighted by Crippen LogP contribution is -2.25. The summed E-state index contributed by atoms with van der Waals surface area (Å²) < 4.78 is 7.32. The second-order valence-electron chi connectivity index (χ2n) is 5.84. The van der Waals surface area contributed by atoms with Crippen molar-refractivity contribution in [3.8, 4) is 5.69 Å². The molecule has 3 aromatic rings. The zero-order valence-corrected chi connectivity index (χ0v) is 14.6. The van der Waals surface area contributed by atoms with Crippen molar-refractivity contribution in [3.63, 3.8) is 0 Å². The third-order valence-corrected chi connectivity index (χ3v) is 3.97. The number of aromatic nitrogens is 4. The second-order valence-corrected chi connectivity index (χ2v) is 5.84. The highest BCUT2D eigenvalue weighted by Crippen LogP contribution is 2.15. The minimum Gasteiger partial charge on any atom is -0.374 e. The summed E-state index contributed by atoms with van der Waals surface area (Å²) in [5.74, 6) is -0.129. The molecule has 1 amide bonds. The van der Waals surface area contributed by atoms with E-state index in [0.29, 0.717) is 18.7 Å². The Morgan fingerprint density at radius 2 is 2.04 bits per heavy atom. The first-order valence-corrected chi connectivity index (χ1v) is 8.52. The predicted octanol–water partition coefficient (Wildman–Crippen LogP) is 2.56. The van der Waals surface area contributed by atoms with Crippen LogP contribution in [0.4, 0.5) is 0 Å². The van der Waals surface area contributed by atoms with Crippen LogP contribution in [-0.4, -0.2) is 39.3 Å². The number of carbonyl (C=O) groups excluding carboxylic acids is 1. The van der Waals surface area contributed by atoms with E-state index in [1.807, 2.05) is 43.3 Å². The number of tetrazole rings is 1. The van der Waals surface area contributed by atoms with Gasteiger partial charge >= 0.3 is 0 Å². The van der Waals surface area contributed by atoms with Crippen LogP contribution in [0.3, 0.4) is 0 Å². The number of benzene rings is 2. The minimum atomic E-state index is -0.129. The smallest absolute Gasteiger partial charge is 0.251 e. The molecule has 0 saturated heterocycles. The number of hydrogen-bond acceptors (Lipinski definition) is 5. The standard InChI is InChI=1S/C19H21N5O2/c1-15(16-7-3-2-4-8-16)26-12-6-11-20-19(25)17-9-5-10-18(13-17)24-14-21-22-23-24/h2-5,7-10,13-15H,6,11-12H2,1H3,(H,20,25). The lowest BCUT2D eigenvalue weighted by atomic mass is 10.1. The number of carbonyl (C=O) groups is 1. The molecule has 0 radical (unpaired) electrons. The van der Waals surface area contributed by atoms with Crippen molar-refractivity contribution in [2.24, 2.45) is 0 Å². The molecular weight excluding hydrogens is 330 g/mol. The van der Waals surface area contributed by atoms with Gasteiger partial charge in [0.2, 0.25) is 0 Å². The maximum atomic E-state index is 12.3. The molecule has 0 bridgehead atoms. The highest BCUT2D eigenvalue weighted by atomic mass is 16.5. The van der Waals surface area contributed by atoms with E-state index in [0.717, 1.165) is 17.7 Å². The van der Waals surface area contributed by atoms with E-state index in [2.05, 4.69) is 20.8 Å². The Hall–Kier alpha value is -3.06. The molecule has 2 aromatic carbocycles. The average Bonchev–Trinajstić information content (AvgIpc) is 3.23. The monoisotopic (exact) mass is 351 g/mol. The first-order chi connectivity index (χ1) is 12.7. The van der Waals surface area contributed by atoms with Crippen LogP contribution in [0.15, 0.2) is 60.9 Å². The minimum absolute atomic E-state index is 0.0415. The molecule has 3 rings (SSSR count). The summed E-state index contributed by atoms with van der Waals surface area (Å²) in [6.45, 7) is 3.16. The van der Waals surface area contributed by atoms with E-state index < -0.39 is 0 Å². The topological polar surface area (TPSA) is 81.9 Å². The van der Waals surface area contributed by atoms with E-state index in [4.69, 9.17) is 4.74 Å². The Bertz CT molecular complexity index is 821. The molecule has 134 valence electrons. The van der Waals surface area contributed by atoms with Gasteiger partial charge in [0.25, 0.3) is 5.91 Å². The van der Waals surface area contributed by atoms with E-state index in [1.54, 1.807) is 18.2 Å². The van der Waals surface area contributed by atoms with Crippen LogP contribution < -0.4 is 5.32 Å². The molecule has 0 spiro atoms. The van der Waals surface area contributed by atoms with Gasteiger partial charge in [0.1, 0.15) is 6.33 Å². The summed E-state index contributed by atoms with van der Waals surface area (Å²) in [5, 5.41) is 13.9. The van der Waals surface area contributed by atoms with E-state index in [1.165, 1.54) is 11.0 Å². The Balaban J connectivity index is 1.42. The molecule has 7 heteroatoms. The summed E-state index contributed by atoms with van der Waals surface area (Å²) >= 11 is 0. The van der Waals surface area contributed by atoms with Gasteiger partial charge in [-0.05, 0) is 47.5 Å². The number of amides is 1. The Morgan fingerprint density at radius 1 is 1.19 bits per heavy atom. The zero-order chi connectivity index (χ0) is 18.2. The number of ether oxygens (including phenoxy) is 1. The van der Waals surface area contributed by atoms with Crippen molar-refractivity contribution < 1.29 is 9.53 Å². The Kier molecular flexibility index (Phi) is 6.05. The lowest BCUT2D eigenvalue weighted by molar-refractivity contribution is 0.0635. The van der Waals surface area contributed by atoms with Crippen LogP contribution in [0.1, 0.15) is 35.4 Å². The second kappa shape index (κ2) is 8.87. The molecule has 1 heterocycles. The molecule has 7 nitrogen and oxygen atoms in total. The van der Waals surface area contributed by atoms with E-state index >= 15 is 0 Å². The molecule has 1 unspecified atom stereocenters. The van der Waals surface area contributed by atoms with Crippen LogP contribution in [-0.2, 0) is 4.74 Å². The van der Waals surface area contributed by atoms with E-state index in [-0.39, 0.29) is 12.0 Å². The third kappa shape index (κ3) is 4.73. The van der Waals surface area contributed by atoms with Gasteiger partial charge in [-0.1, -0.05) is 36.4 Å². The number of rotatable bonds is 8. The Morgan fingerprint density at radius 3 is 2.81 bits per heavy atom. The van der Waals surface area contributed by atoms with Gasteiger partial charge in [-0.25, -0.2) is 4.68 Å². The fourth-order valence-electron chi connectivity index (χ4n) is 2.53. The highest BCUT2D eigenvalue weighted by molar-refractivity contribution is 5.94. The van der Waals surface area contributed by atoms with Crippen molar-refractivity contribution >= 4 is 5.91 Å². The summed E-state index contributed by atoms with van der Waals surface area (Å²) in [4.78, 5) is 12.3. The normalized spacial score (nSPS) is 11.9. The van der Waals surface area contributed by atoms with Crippen LogP contribution in [0.2, 0.25) is 0 Å². The van der Waals surface area contributed by atoms with Gasteiger partial charge in [0, 0.05) is 18.7 Å². The first-order valence-electron chi connectivity index (χ1n) is 8.52. The number of nitrogens with one attached hydrogen (secondary N) is 1. The number of nitrogens with zero attached hydrogens (tertiary/aromatic N) is 4. The van der Waals surface area contributed by atoms with Crippen LogP contribution in [0, 0.1) is 0 Å². The SMILES string of the molecule is CC(OCCCNC(=O)c1cccc(-n2cnnn2)c1)c1ccccc1. The van der Waals surface area contributed by atoms with E-state index in [9.17, 15) is 4.79 Å². The molecule has 0 saturated carbocycles. The molecule has 0 aliphatic carbocycles. The van der Waals surface area contributed by atoms with Crippen LogP contribution in [0.25, 0.3) is 5.69 Å². The summed E-state index contributed by atoms with van der Waals surface area (Å²) in [6.07, 6.45) is 2.28. The molecular formula is C19H21N5O2. The lowest BCUT2D eigenvalue weighted by Gasteiger charge is -2.13. The fourth-order valence-corrected chi connectivity index (χ4v) is 2.53. The van der Waals surface area contributed by atoms with Gasteiger partial charge in [-0.15, -0.1) is 5.10 Å². The third-order valence-electron chi connectivity index (χ3n) is 3.97. The molecule has 0 aliphatic rings. The van der Waals surface area contributed by atoms with Gasteiger partial charge in [-0.2, -0.15) is 0 Å². The highest BCUT2D eigenvalue weighted by Gasteiger charge is 2.08. The van der Waals surface area contributed by atoms with Crippen LogP contribution >= 0.6 is 0 Å². The zero-order valence-electron chi connectivity index (χ0n) is 14.6. The van der Waals surface area contributed by atoms with Crippen molar-refractivity contribution in [2.45, 2.75) is 19.4 Å². The van der Waals surface area contributed by atoms with Crippen molar-refractivity contribution in [1.82, 2.24) is 25.5 Å². The summed E-state index contributed by atoms with van der Waals surface area (Å²) in [5.41, 5.74) is 2.45. The van der Waals surface area contributed by atoms with Crippen molar-refractivity contribution in [2.75, 3.05) is 13.2 Å². The van der Waals surface area contributed by atoms with Crippen molar-refractivity contribution in [3.05, 3.63) is 72.1 Å². The largest absolute Gasteiger partial charge is 0.374 e. The number of hydrogen-bond donors (Lipinski definition) is 1. The summed E-state index contributed by atoms with van der Waals surface area (Å²) in [6, 6.07) is 17.2. The van der Waals surface area contributed by atoms with Crippen molar-refractivity contribution in [1.29, 1.82) is 0 Å².